The van der Waals surface area contributed by atoms with Crippen molar-refractivity contribution in [2.24, 2.45) is 0 Å². The molecule has 10 aromatic rings. The van der Waals surface area contributed by atoms with E-state index in [1.165, 1.54) is 37.6 Å². The van der Waals surface area contributed by atoms with E-state index in [0.717, 1.165) is 55.7 Å². The van der Waals surface area contributed by atoms with E-state index in [0.29, 0.717) is 5.82 Å². The molecule has 0 saturated heterocycles. The second-order valence-electron chi connectivity index (χ2n) is 15.2. The van der Waals surface area contributed by atoms with Gasteiger partial charge in [0.15, 0.2) is 5.82 Å². The molecule has 0 radical (unpaired) electrons. The van der Waals surface area contributed by atoms with E-state index >= 15 is 0 Å². The lowest BCUT2D eigenvalue weighted by Crippen LogP contribution is -2.34. The van der Waals surface area contributed by atoms with Gasteiger partial charge in [0.1, 0.15) is 0 Å². The number of hydrogen-bond acceptors (Lipinski definition) is 4. The van der Waals surface area contributed by atoms with Crippen molar-refractivity contribution in [3.05, 3.63) is 247 Å². The molecule has 0 saturated carbocycles. The first-order chi connectivity index (χ1) is 29.7. The Labute approximate surface area is 354 Å². The van der Waals surface area contributed by atoms with Crippen LogP contribution in [0.4, 0.5) is 0 Å². The van der Waals surface area contributed by atoms with Crippen LogP contribution in [-0.2, 0) is 5.41 Å². The minimum Gasteiger partial charge on any atom is -0.256 e. The summed E-state index contributed by atoms with van der Waals surface area (Å²) in [5.41, 5.74) is 14.6. The standard InChI is InChI=1S/C56H37N3S/c1-3-15-38(16-4-1)41-19-11-21-44(33-41)51-37-52(59-55(58-51)40-17-5-2-6-18-40)45-22-13-25-47(35-45)56(48-26-7-9-28-53(48)60-54-29-10-8-27-49(54)56)46-24-12-20-42(34-46)43-31-30-39-23-14-32-57-50(39)36-43/h1-37H. The quantitative estimate of drug-likeness (QED) is 0.161. The summed E-state index contributed by atoms with van der Waals surface area (Å²) in [5, 5.41) is 1.13. The van der Waals surface area contributed by atoms with Gasteiger partial charge in [-0.15, -0.1) is 0 Å². The van der Waals surface area contributed by atoms with Gasteiger partial charge < -0.3 is 0 Å². The molecular formula is C56H37N3S. The van der Waals surface area contributed by atoms with Crippen LogP contribution in [0, 0.1) is 0 Å². The lowest BCUT2D eigenvalue weighted by Gasteiger charge is -2.42. The van der Waals surface area contributed by atoms with E-state index in [2.05, 4.69) is 194 Å². The molecule has 1 aliphatic heterocycles. The Bertz CT molecular complexity index is 3150. The van der Waals surface area contributed by atoms with E-state index < -0.39 is 5.41 Å². The number of fused-ring (bicyclic) bond motifs is 3. The highest BCUT2D eigenvalue weighted by molar-refractivity contribution is 7.99. The van der Waals surface area contributed by atoms with E-state index in [9.17, 15) is 0 Å². The lowest BCUT2D eigenvalue weighted by molar-refractivity contribution is 0.703. The fourth-order valence-electron chi connectivity index (χ4n) is 8.82. The molecule has 8 aromatic carbocycles. The highest BCUT2D eigenvalue weighted by Crippen LogP contribution is 2.56. The first-order valence-electron chi connectivity index (χ1n) is 20.2. The topological polar surface area (TPSA) is 38.7 Å². The van der Waals surface area contributed by atoms with Crippen LogP contribution in [-0.4, -0.2) is 15.0 Å². The fraction of sp³-hybridized carbons (Fsp3) is 0.0179. The number of hydrogen-bond donors (Lipinski definition) is 0. The highest BCUT2D eigenvalue weighted by Gasteiger charge is 2.44. The van der Waals surface area contributed by atoms with E-state index in [-0.39, 0.29) is 0 Å². The minimum absolute atomic E-state index is 0.637. The van der Waals surface area contributed by atoms with Gasteiger partial charge in [0.25, 0.3) is 0 Å². The molecule has 3 heterocycles. The minimum atomic E-state index is -0.637. The van der Waals surface area contributed by atoms with Crippen LogP contribution in [0.3, 0.4) is 0 Å². The molecule has 0 fully saturated rings. The van der Waals surface area contributed by atoms with E-state index in [4.69, 9.17) is 15.0 Å². The molecule has 0 bridgehead atoms. The Morgan fingerprint density at radius 3 is 1.55 bits per heavy atom. The molecular weight excluding hydrogens is 747 g/mol. The molecule has 0 N–H and O–H groups in total. The summed E-state index contributed by atoms with van der Waals surface area (Å²) in [6, 6.07) is 78.2. The smallest absolute Gasteiger partial charge is 0.160 e. The molecule has 0 amide bonds. The molecule has 4 heteroatoms. The third-order valence-electron chi connectivity index (χ3n) is 11.7. The van der Waals surface area contributed by atoms with Gasteiger partial charge >= 0.3 is 0 Å². The number of benzene rings is 8. The fourth-order valence-corrected chi connectivity index (χ4v) is 10.0. The summed E-state index contributed by atoms with van der Waals surface area (Å²) in [7, 11) is 0. The highest BCUT2D eigenvalue weighted by atomic mass is 32.2. The summed E-state index contributed by atoms with van der Waals surface area (Å²) < 4.78 is 0. The largest absolute Gasteiger partial charge is 0.256 e. The van der Waals surface area contributed by atoms with Crippen LogP contribution in [0.1, 0.15) is 22.3 Å². The average Bonchev–Trinajstić information content (AvgIpc) is 3.33. The third-order valence-corrected chi connectivity index (χ3v) is 12.8. The van der Waals surface area contributed by atoms with Crippen LogP contribution in [0.2, 0.25) is 0 Å². The second-order valence-corrected chi connectivity index (χ2v) is 16.3. The monoisotopic (exact) mass is 783 g/mol. The maximum absolute atomic E-state index is 5.31. The number of pyridine rings is 1. The predicted molar refractivity (Wildman–Crippen MR) is 247 cm³/mol. The van der Waals surface area contributed by atoms with Crippen molar-refractivity contribution >= 4 is 22.7 Å². The van der Waals surface area contributed by atoms with Crippen molar-refractivity contribution in [2.75, 3.05) is 0 Å². The number of nitrogens with zero attached hydrogens (tertiary/aromatic N) is 3. The van der Waals surface area contributed by atoms with Crippen molar-refractivity contribution in [3.63, 3.8) is 0 Å². The molecule has 0 spiro atoms. The molecule has 282 valence electrons. The Kier molecular flexibility index (Phi) is 8.98. The van der Waals surface area contributed by atoms with E-state index in [1.54, 1.807) is 0 Å². The van der Waals surface area contributed by atoms with Gasteiger partial charge in [0, 0.05) is 38.1 Å². The molecule has 11 rings (SSSR count). The molecule has 60 heavy (non-hydrogen) atoms. The van der Waals surface area contributed by atoms with Gasteiger partial charge in [-0.2, -0.15) is 0 Å². The normalized spacial score (nSPS) is 12.7. The maximum Gasteiger partial charge on any atom is 0.160 e. The summed E-state index contributed by atoms with van der Waals surface area (Å²) in [6.45, 7) is 0. The first kappa shape index (κ1) is 35.7. The molecule has 0 atom stereocenters. The van der Waals surface area contributed by atoms with Crippen LogP contribution >= 0.6 is 11.8 Å². The van der Waals surface area contributed by atoms with Gasteiger partial charge in [0.05, 0.1) is 22.3 Å². The SMILES string of the molecule is c1ccc(-c2cccc(-c3cc(-c4cccc(C5(c6cccc(-c7ccc8cccnc8c7)c6)c6ccccc6Sc6ccccc65)c4)nc(-c4ccccc4)n3)c2)cc1. The van der Waals surface area contributed by atoms with Crippen LogP contribution in [0.25, 0.3) is 67.1 Å². The zero-order chi connectivity index (χ0) is 39.9. The molecule has 0 unspecified atom stereocenters. The van der Waals surface area contributed by atoms with Crippen LogP contribution in [0.15, 0.2) is 234 Å². The van der Waals surface area contributed by atoms with Crippen molar-refractivity contribution in [1.82, 2.24) is 15.0 Å². The van der Waals surface area contributed by atoms with Crippen molar-refractivity contribution in [3.8, 4) is 56.2 Å². The summed E-state index contributed by atoms with van der Waals surface area (Å²) in [6.07, 6.45) is 1.86. The first-order valence-corrected chi connectivity index (χ1v) is 21.1. The second kappa shape index (κ2) is 15.1. The van der Waals surface area contributed by atoms with Gasteiger partial charge in [-0.1, -0.05) is 182 Å². The van der Waals surface area contributed by atoms with E-state index in [1.807, 2.05) is 42.2 Å². The summed E-state index contributed by atoms with van der Waals surface area (Å²) >= 11 is 1.85. The predicted octanol–water partition coefficient (Wildman–Crippen LogP) is 14.2. The third kappa shape index (κ3) is 6.30. The van der Waals surface area contributed by atoms with Crippen molar-refractivity contribution in [1.29, 1.82) is 0 Å². The van der Waals surface area contributed by atoms with Gasteiger partial charge in [-0.25, -0.2) is 9.97 Å². The zero-order valence-corrected chi connectivity index (χ0v) is 33.4. The Morgan fingerprint density at radius 2 is 0.867 bits per heavy atom. The number of aromatic nitrogens is 3. The van der Waals surface area contributed by atoms with Crippen molar-refractivity contribution < 1.29 is 0 Å². The molecule has 3 nitrogen and oxygen atoms in total. The average molecular weight is 784 g/mol. The summed E-state index contributed by atoms with van der Waals surface area (Å²) in [5.74, 6) is 0.690. The van der Waals surface area contributed by atoms with Crippen LogP contribution < -0.4 is 0 Å². The Morgan fingerprint density at radius 1 is 0.350 bits per heavy atom. The van der Waals surface area contributed by atoms with Gasteiger partial charge in [-0.05, 0) is 93.0 Å². The van der Waals surface area contributed by atoms with Gasteiger partial charge in [-0.3, -0.25) is 4.98 Å². The molecule has 0 aliphatic carbocycles. The van der Waals surface area contributed by atoms with Crippen molar-refractivity contribution in [2.45, 2.75) is 15.2 Å². The summed E-state index contributed by atoms with van der Waals surface area (Å²) in [4.78, 5) is 17.7. The lowest BCUT2D eigenvalue weighted by atomic mass is 9.64. The Hall–Kier alpha value is -7.40. The Balaban J connectivity index is 1.13. The van der Waals surface area contributed by atoms with Gasteiger partial charge in [0.2, 0.25) is 0 Å². The molecule has 2 aromatic heterocycles. The zero-order valence-electron chi connectivity index (χ0n) is 32.6. The maximum atomic E-state index is 5.31. The molecule has 1 aliphatic rings. The number of rotatable bonds is 7. The van der Waals surface area contributed by atoms with Crippen LogP contribution in [0.5, 0.6) is 0 Å².